The van der Waals surface area contributed by atoms with Crippen molar-refractivity contribution >= 4 is 11.9 Å². The van der Waals surface area contributed by atoms with Crippen LogP contribution in [-0.2, 0) is 5.41 Å². The lowest BCUT2D eigenvalue weighted by Crippen LogP contribution is -2.28. The van der Waals surface area contributed by atoms with E-state index >= 15 is 0 Å². The highest BCUT2D eigenvalue weighted by molar-refractivity contribution is 5.77. The molecule has 1 fully saturated rings. The van der Waals surface area contributed by atoms with E-state index in [0.29, 0.717) is 0 Å². The number of para-hydroxylation sites is 1. The Hall–Kier alpha value is -1.57. The minimum atomic E-state index is 0.0732. The molecule has 2 heteroatoms. The molecule has 0 N–H and O–H groups in total. The van der Waals surface area contributed by atoms with Gasteiger partial charge in [-0.3, -0.25) is 0 Å². The molecular weight excluding hydrogens is 304 g/mol. The van der Waals surface area contributed by atoms with E-state index in [1.807, 2.05) is 0 Å². The van der Waals surface area contributed by atoms with Gasteiger partial charge in [-0.15, -0.1) is 0 Å². The third-order valence-corrected chi connectivity index (χ3v) is 6.33. The first kappa shape index (κ1) is 18.2. The smallest absolute Gasteiger partial charge is 0.164 e. The van der Waals surface area contributed by atoms with Crippen molar-refractivity contribution in [2.24, 2.45) is 11.8 Å². The minimum absolute atomic E-state index is 0.0732. The lowest BCUT2D eigenvalue weighted by Gasteiger charge is -2.27. The topological polar surface area (TPSA) is 6.25 Å². The SMILES string of the molecule is CC1CCCC1CCCN1C(=CC=[N+](C)C)C(C)(C)c2ccccc21. The molecule has 2 atom stereocenters. The Kier molecular flexibility index (Phi) is 5.36. The Labute approximate surface area is 154 Å². The molecule has 0 spiro atoms. The second kappa shape index (κ2) is 7.35. The third-order valence-electron chi connectivity index (χ3n) is 6.33. The molecule has 1 aliphatic carbocycles. The number of hydrogen-bond donors (Lipinski definition) is 0. The predicted molar refractivity (Wildman–Crippen MR) is 109 cm³/mol. The quantitative estimate of drug-likeness (QED) is 0.526. The summed E-state index contributed by atoms with van der Waals surface area (Å²) in [5, 5.41) is 0. The molecule has 0 aromatic heterocycles. The van der Waals surface area contributed by atoms with Crippen molar-refractivity contribution in [1.82, 2.24) is 0 Å². The number of allylic oxidation sites excluding steroid dienone is 2. The molecule has 0 radical (unpaired) electrons. The summed E-state index contributed by atoms with van der Waals surface area (Å²) in [7, 11) is 4.19. The molecule has 1 aromatic carbocycles. The van der Waals surface area contributed by atoms with Gasteiger partial charge in [-0.2, -0.15) is 0 Å². The van der Waals surface area contributed by atoms with Crippen LogP contribution in [0, 0.1) is 11.8 Å². The van der Waals surface area contributed by atoms with E-state index in [1.165, 1.54) is 49.1 Å². The lowest BCUT2D eigenvalue weighted by atomic mass is 9.84. The van der Waals surface area contributed by atoms with E-state index in [9.17, 15) is 0 Å². The van der Waals surface area contributed by atoms with Crippen molar-refractivity contribution in [2.75, 3.05) is 25.5 Å². The fraction of sp³-hybridized carbons (Fsp3) is 0.609. The summed E-state index contributed by atoms with van der Waals surface area (Å²) in [6.07, 6.45) is 11.5. The highest BCUT2D eigenvalue weighted by atomic mass is 15.2. The van der Waals surface area contributed by atoms with Gasteiger partial charge in [-0.1, -0.05) is 58.2 Å². The fourth-order valence-corrected chi connectivity index (χ4v) is 4.76. The molecule has 2 nitrogen and oxygen atoms in total. The summed E-state index contributed by atoms with van der Waals surface area (Å²) < 4.78 is 2.13. The van der Waals surface area contributed by atoms with Crippen LogP contribution in [0.15, 0.2) is 36.0 Å². The lowest BCUT2D eigenvalue weighted by molar-refractivity contribution is -0.458. The molecule has 1 heterocycles. The maximum atomic E-state index is 2.58. The van der Waals surface area contributed by atoms with E-state index < -0.39 is 0 Å². The third kappa shape index (κ3) is 3.68. The van der Waals surface area contributed by atoms with Crippen molar-refractivity contribution in [3.8, 4) is 0 Å². The molecule has 0 amide bonds. The van der Waals surface area contributed by atoms with Crippen LogP contribution in [0.5, 0.6) is 0 Å². The van der Waals surface area contributed by atoms with Crippen LogP contribution in [0.25, 0.3) is 0 Å². The fourth-order valence-electron chi connectivity index (χ4n) is 4.76. The molecule has 3 rings (SSSR count). The van der Waals surface area contributed by atoms with Crippen LogP contribution in [-0.4, -0.2) is 31.4 Å². The largest absolute Gasteiger partial charge is 0.344 e. The van der Waals surface area contributed by atoms with Crippen LogP contribution < -0.4 is 4.90 Å². The Balaban J connectivity index is 1.81. The van der Waals surface area contributed by atoms with Crippen LogP contribution in [0.1, 0.15) is 58.4 Å². The highest BCUT2D eigenvalue weighted by Crippen LogP contribution is 2.47. The monoisotopic (exact) mass is 339 g/mol. The normalized spacial score (nSPS) is 26.1. The van der Waals surface area contributed by atoms with Crippen molar-refractivity contribution in [3.05, 3.63) is 41.6 Å². The first-order valence-corrected chi connectivity index (χ1v) is 10.0. The molecule has 25 heavy (non-hydrogen) atoms. The van der Waals surface area contributed by atoms with Gasteiger partial charge in [0.25, 0.3) is 0 Å². The zero-order chi connectivity index (χ0) is 18.0. The minimum Gasteiger partial charge on any atom is -0.344 e. The Morgan fingerprint density at radius 3 is 2.64 bits per heavy atom. The van der Waals surface area contributed by atoms with Crippen molar-refractivity contribution in [3.63, 3.8) is 0 Å². The van der Waals surface area contributed by atoms with Gasteiger partial charge in [0.05, 0.1) is 0 Å². The van der Waals surface area contributed by atoms with Gasteiger partial charge in [0.2, 0.25) is 0 Å². The molecule has 0 saturated heterocycles. The first-order chi connectivity index (χ1) is 11.9. The summed E-state index contributed by atoms with van der Waals surface area (Å²) in [6, 6.07) is 8.96. The van der Waals surface area contributed by atoms with Crippen LogP contribution in [0.3, 0.4) is 0 Å². The van der Waals surface area contributed by atoms with Crippen LogP contribution in [0.2, 0.25) is 0 Å². The van der Waals surface area contributed by atoms with Crippen molar-refractivity contribution < 1.29 is 4.58 Å². The average molecular weight is 340 g/mol. The van der Waals surface area contributed by atoms with Gasteiger partial charge in [0.1, 0.15) is 14.1 Å². The summed E-state index contributed by atoms with van der Waals surface area (Å²) in [6.45, 7) is 8.31. The maximum Gasteiger partial charge on any atom is 0.164 e. The molecule has 136 valence electrons. The Bertz CT molecular complexity index is 664. The molecular formula is C23H35N2+. The van der Waals surface area contributed by atoms with E-state index in [4.69, 9.17) is 0 Å². The number of anilines is 1. The molecule has 1 saturated carbocycles. The summed E-state index contributed by atoms with van der Waals surface area (Å²) >= 11 is 0. The number of fused-ring (bicyclic) bond motifs is 1. The summed E-state index contributed by atoms with van der Waals surface area (Å²) in [5.74, 6) is 1.88. The van der Waals surface area contributed by atoms with Gasteiger partial charge in [0.15, 0.2) is 6.21 Å². The summed E-state index contributed by atoms with van der Waals surface area (Å²) in [4.78, 5) is 2.58. The van der Waals surface area contributed by atoms with E-state index in [-0.39, 0.29) is 5.41 Å². The average Bonchev–Trinajstić information content (AvgIpc) is 3.06. The van der Waals surface area contributed by atoms with Gasteiger partial charge in [-0.05, 0) is 36.3 Å². The zero-order valence-corrected chi connectivity index (χ0v) is 16.8. The molecule has 2 aliphatic rings. The molecule has 0 bridgehead atoms. The van der Waals surface area contributed by atoms with Crippen molar-refractivity contribution in [1.29, 1.82) is 0 Å². The number of hydrogen-bond acceptors (Lipinski definition) is 1. The first-order valence-electron chi connectivity index (χ1n) is 10.0. The standard InChI is InChI=1S/C23H35N2/c1-18-10-8-11-19(18)12-9-16-25-21-14-7-6-13-20(21)23(2,3)22(25)15-17-24(4)5/h6-7,13-15,17-19H,8-12,16H2,1-5H3/q+1. The number of rotatable bonds is 5. The van der Waals surface area contributed by atoms with E-state index in [2.05, 4.69) is 80.9 Å². The Morgan fingerprint density at radius 2 is 1.96 bits per heavy atom. The van der Waals surface area contributed by atoms with Crippen LogP contribution >= 0.6 is 0 Å². The number of nitrogens with zero attached hydrogens (tertiary/aromatic N) is 2. The highest BCUT2D eigenvalue weighted by Gasteiger charge is 2.39. The summed E-state index contributed by atoms with van der Waals surface area (Å²) in [5.41, 5.74) is 4.37. The number of benzene rings is 1. The molecule has 1 aromatic rings. The van der Waals surface area contributed by atoms with Gasteiger partial charge in [0, 0.05) is 29.4 Å². The maximum absolute atomic E-state index is 2.58. The van der Waals surface area contributed by atoms with Crippen molar-refractivity contribution in [2.45, 2.75) is 58.3 Å². The molecule has 1 aliphatic heterocycles. The second-order valence-corrected chi connectivity index (χ2v) is 8.77. The predicted octanol–water partition coefficient (Wildman–Crippen LogP) is 5.23. The zero-order valence-electron chi connectivity index (χ0n) is 16.8. The Morgan fingerprint density at radius 1 is 1.20 bits per heavy atom. The van der Waals surface area contributed by atoms with Gasteiger partial charge >= 0.3 is 0 Å². The van der Waals surface area contributed by atoms with E-state index in [0.717, 1.165) is 18.4 Å². The van der Waals surface area contributed by atoms with Gasteiger partial charge in [-0.25, -0.2) is 4.58 Å². The second-order valence-electron chi connectivity index (χ2n) is 8.77. The van der Waals surface area contributed by atoms with E-state index in [1.54, 1.807) is 0 Å². The van der Waals surface area contributed by atoms with Crippen LogP contribution in [0.4, 0.5) is 5.69 Å². The molecule has 2 unspecified atom stereocenters. The van der Waals surface area contributed by atoms with Gasteiger partial charge < -0.3 is 4.90 Å².